The number of unbranched alkanes of at least 4 members (excludes halogenated alkanes) is 1. The monoisotopic (exact) mass is 483 g/mol. The van der Waals surface area contributed by atoms with E-state index >= 15 is 0 Å². The molecule has 0 aromatic heterocycles. The van der Waals surface area contributed by atoms with E-state index in [1.54, 1.807) is 30.3 Å². The van der Waals surface area contributed by atoms with Crippen molar-refractivity contribution >= 4 is 49.4 Å². The van der Waals surface area contributed by atoms with Crippen LogP contribution in [0.2, 0.25) is 0 Å². The fourth-order valence-corrected chi connectivity index (χ4v) is 3.21. The highest BCUT2D eigenvalue weighted by atomic mass is 79.9. The van der Waals surface area contributed by atoms with Gasteiger partial charge in [-0.05, 0) is 58.7 Å². The summed E-state index contributed by atoms with van der Waals surface area (Å²) in [5.41, 5.74) is 0.911. The molecule has 0 heterocycles. The molecule has 2 rings (SSSR count). The van der Waals surface area contributed by atoms with Gasteiger partial charge in [0.05, 0.1) is 16.6 Å². The molecule has 0 fully saturated rings. The first-order valence-corrected chi connectivity index (χ1v) is 9.73. The number of benzene rings is 2. The summed E-state index contributed by atoms with van der Waals surface area (Å²) in [6.45, 7) is 2.27. The number of esters is 1. The lowest BCUT2D eigenvalue weighted by atomic mass is 10.2. The Morgan fingerprint density at radius 1 is 1.12 bits per heavy atom. The smallest absolute Gasteiger partial charge is 0.338 e. The van der Waals surface area contributed by atoms with Gasteiger partial charge in [0.25, 0.3) is 5.91 Å². The summed E-state index contributed by atoms with van der Waals surface area (Å²) < 4.78 is 12.3. The van der Waals surface area contributed by atoms with Gasteiger partial charge in [-0.15, -0.1) is 0 Å². The summed E-state index contributed by atoms with van der Waals surface area (Å²) in [6, 6.07) is 12.1. The van der Waals surface area contributed by atoms with E-state index in [9.17, 15) is 9.59 Å². The second kappa shape index (κ2) is 10.3. The Kier molecular flexibility index (Phi) is 8.12. The average molecular weight is 485 g/mol. The zero-order valence-electron chi connectivity index (χ0n) is 14.3. The Morgan fingerprint density at radius 3 is 2.65 bits per heavy atom. The topological polar surface area (TPSA) is 64.6 Å². The molecular weight excluding hydrogens is 466 g/mol. The molecule has 0 spiro atoms. The van der Waals surface area contributed by atoms with Crippen molar-refractivity contribution in [1.29, 1.82) is 0 Å². The van der Waals surface area contributed by atoms with E-state index in [1.165, 1.54) is 0 Å². The standard InChI is InChI=1S/C19H19Br2NO4/c1-2-3-9-25-19(24)13-5-4-6-15(10-13)22-18(23)12-26-17-8-7-14(20)11-16(17)21/h4-8,10-11H,2-3,9,12H2,1H3,(H,22,23). The largest absolute Gasteiger partial charge is 0.483 e. The molecule has 0 aliphatic heterocycles. The Hall–Kier alpha value is -1.86. The number of anilines is 1. The maximum absolute atomic E-state index is 12.1. The molecule has 0 aliphatic carbocycles. The maximum atomic E-state index is 12.1. The molecule has 0 aliphatic rings. The van der Waals surface area contributed by atoms with Gasteiger partial charge < -0.3 is 14.8 Å². The predicted molar refractivity (Wildman–Crippen MR) is 108 cm³/mol. The van der Waals surface area contributed by atoms with Gasteiger partial charge in [0.2, 0.25) is 0 Å². The third-order valence-corrected chi connectivity index (χ3v) is 4.48. The molecule has 7 heteroatoms. The second-order valence-electron chi connectivity index (χ2n) is 5.48. The van der Waals surface area contributed by atoms with Gasteiger partial charge in [0.15, 0.2) is 6.61 Å². The van der Waals surface area contributed by atoms with Gasteiger partial charge in [-0.3, -0.25) is 4.79 Å². The van der Waals surface area contributed by atoms with Crippen LogP contribution < -0.4 is 10.1 Å². The molecule has 5 nitrogen and oxygen atoms in total. The number of rotatable bonds is 8. The van der Waals surface area contributed by atoms with Crippen LogP contribution >= 0.6 is 31.9 Å². The van der Waals surface area contributed by atoms with Gasteiger partial charge >= 0.3 is 5.97 Å². The Labute approximate surface area is 169 Å². The van der Waals surface area contributed by atoms with Crippen LogP contribution in [0.3, 0.4) is 0 Å². The summed E-state index contributed by atoms with van der Waals surface area (Å²) in [7, 11) is 0. The van der Waals surface area contributed by atoms with Crippen LogP contribution in [0, 0.1) is 0 Å². The van der Waals surface area contributed by atoms with Gasteiger partial charge in [-0.1, -0.05) is 35.3 Å². The number of carbonyl (C=O) groups is 2. The fourth-order valence-electron chi connectivity index (χ4n) is 2.05. The van der Waals surface area contributed by atoms with Crippen LogP contribution in [0.5, 0.6) is 5.75 Å². The molecule has 2 aromatic carbocycles. The van der Waals surface area contributed by atoms with Gasteiger partial charge in [-0.2, -0.15) is 0 Å². The van der Waals surface area contributed by atoms with Crippen molar-refractivity contribution in [2.24, 2.45) is 0 Å². The molecule has 0 atom stereocenters. The van der Waals surface area contributed by atoms with Crippen molar-refractivity contribution in [3.63, 3.8) is 0 Å². The Balaban J connectivity index is 1.90. The minimum absolute atomic E-state index is 0.147. The SMILES string of the molecule is CCCCOC(=O)c1cccc(NC(=O)COc2ccc(Br)cc2Br)c1. The molecular formula is C19H19Br2NO4. The Bertz CT molecular complexity index is 780. The number of amides is 1. The van der Waals surface area contributed by atoms with Crippen molar-refractivity contribution in [1.82, 2.24) is 0 Å². The third-order valence-electron chi connectivity index (χ3n) is 3.37. The van der Waals surface area contributed by atoms with Gasteiger partial charge in [0, 0.05) is 10.2 Å². The molecule has 2 aromatic rings. The molecule has 0 bridgehead atoms. The minimum Gasteiger partial charge on any atom is -0.483 e. The summed E-state index contributed by atoms with van der Waals surface area (Å²) >= 11 is 6.73. The highest BCUT2D eigenvalue weighted by molar-refractivity contribution is 9.11. The van der Waals surface area contributed by atoms with E-state index in [4.69, 9.17) is 9.47 Å². The molecule has 0 unspecified atom stereocenters. The average Bonchev–Trinajstić information content (AvgIpc) is 2.61. The zero-order valence-corrected chi connectivity index (χ0v) is 17.4. The Morgan fingerprint density at radius 2 is 1.92 bits per heavy atom. The lowest BCUT2D eigenvalue weighted by Gasteiger charge is -2.10. The first-order chi connectivity index (χ1) is 12.5. The number of ether oxygens (including phenoxy) is 2. The summed E-state index contributed by atoms with van der Waals surface area (Å²) in [6.07, 6.45) is 1.78. The number of hydrogen-bond donors (Lipinski definition) is 1. The van der Waals surface area contributed by atoms with Gasteiger partial charge in [-0.25, -0.2) is 4.79 Å². The molecule has 0 saturated heterocycles. The van der Waals surface area contributed by atoms with Crippen molar-refractivity contribution in [2.45, 2.75) is 19.8 Å². The lowest BCUT2D eigenvalue weighted by molar-refractivity contribution is -0.118. The van der Waals surface area contributed by atoms with E-state index in [0.717, 1.165) is 21.8 Å². The summed E-state index contributed by atoms with van der Waals surface area (Å²) in [4.78, 5) is 24.0. The van der Waals surface area contributed by atoms with Crippen molar-refractivity contribution in [2.75, 3.05) is 18.5 Å². The van der Waals surface area contributed by atoms with Crippen molar-refractivity contribution in [3.05, 3.63) is 57.0 Å². The van der Waals surface area contributed by atoms with Crippen LogP contribution in [-0.2, 0) is 9.53 Å². The van der Waals surface area contributed by atoms with Crippen LogP contribution in [0.4, 0.5) is 5.69 Å². The number of hydrogen-bond acceptors (Lipinski definition) is 4. The van der Waals surface area contributed by atoms with E-state index in [1.807, 2.05) is 19.1 Å². The van der Waals surface area contributed by atoms with Crippen molar-refractivity contribution < 1.29 is 19.1 Å². The van der Waals surface area contributed by atoms with E-state index in [2.05, 4.69) is 37.2 Å². The fraction of sp³-hybridized carbons (Fsp3) is 0.263. The van der Waals surface area contributed by atoms with E-state index < -0.39 is 5.97 Å². The highest BCUT2D eigenvalue weighted by Crippen LogP contribution is 2.28. The molecule has 1 amide bonds. The second-order valence-corrected chi connectivity index (χ2v) is 7.25. The third kappa shape index (κ3) is 6.46. The molecule has 26 heavy (non-hydrogen) atoms. The normalized spacial score (nSPS) is 10.3. The van der Waals surface area contributed by atoms with Crippen LogP contribution in [0.15, 0.2) is 51.4 Å². The molecule has 138 valence electrons. The lowest BCUT2D eigenvalue weighted by Crippen LogP contribution is -2.20. The number of carbonyl (C=O) groups excluding carboxylic acids is 2. The number of nitrogens with one attached hydrogen (secondary N) is 1. The summed E-state index contributed by atoms with van der Waals surface area (Å²) in [5, 5.41) is 2.71. The predicted octanol–water partition coefficient (Wildman–Crippen LogP) is 5.19. The zero-order chi connectivity index (χ0) is 18.9. The van der Waals surface area contributed by atoms with Gasteiger partial charge in [0.1, 0.15) is 5.75 Å². The number of halogens is 2. The van der Waals surface area contributed by atoms with E-state index in [-0.39, 0.29) is 12.5 Å². The van der Waals surface area contributed by atoms with Crippen LogP contribution in [-0.4, -0.2) is 25.1 Å². The maximum Gasteiger partial charge on any atom is 0.338 e. The van der Waals surface area contributed by atoms with Crippen LogP contribution in [0.1, 0.15) is 30.1 Å². The van der Waals surface area contributed by atoms with Crippen molar-refractivity contribution in [3.8, 4) is 5.75 Å². The quantitative estimate of drug-likeness (QED) is 0.413. The van der Waals surface area contributed by atoms with Crippen LogP contribution in [0.25, 0.3) is 0 Å². The highest BCUT2D eigenvalue weighted by Gasteiger charge is 2.10. The molecule has 1 N–H and O–H groups in total. The first-order valence-electron chi connectivity index (χ1n) is 8.14. The van der Waals surface area contributed by atoms with E-state index in [0.29, 0.717) is 23.6 Å². The molecule has 0 saturated carbocycles. The molecule has 0 radical (unpaired) electrons. The summed E-state index contributed by atoms with van der Waals surface area (Å²) in [5.74, 6) is -0.155. The minimum atomic E-state index is -0.399. The first kappa shape index (κ1) is 20.5.